The molecule has 0 aromatic carbocycles. The molecule has 0 radical (unpaired) electrons. The van der Waals surface area contributed by atoms with Crippen molar-refractivity contribution in [3.8, 4) is 0 Å². The Kier molecular flexibility index (Phi) is 6.03. The molecule has 0 rings (SSSR count). The first-order valence-corrected chi connectivity index (χ1v) is 5.62. The highest BCUT2D eigenvalue weighted by atomic mass is 16.2. The molecule has 0 heterocycles. The van der Waals surface area contributed by atoms with Gasteiger partial charge in [0.25, 0.3) is 0 Å². The van der Waals surface area contributed by atoms with Crippen LogP contribution in [0.25, 0.3) is 0 Å². The molecule has 0 bridgehead atoms. The smallest absolute Gasteiger partial charge is 0.242 e. The second-order valence-corrected chi connectivity index (χ2v) is 4.67. The fraction of sp³-hybridized carbons (Fsp3) is 0.818. The predicted octanol–water partition coefficient (Wildman–Crippen LogP) is 0.145. The highest BCUT2D eigenvalue weighted by Gasteiger charge is 2.17. The normalized spacial score (nSPS) is 13.1. The van der Waals surface area contributed by atoms with Gasteiger partial charge in [0.2, 0.25) is 11.8 Å². The Labute approximate surface area is 97.2 Å². The molecular weight excluding hydrogens is 206 g/mol. The minimum atomic E-state index is -0.492. The molecule has 94 valence electrons. The maximum absolute atomic E-state index is 11.5. The van der Waals surface area contributed by atoms with Crippen molar-refractivity contribution in [1.29, 1.82) is 0 Å². The van der Waals surface area contributed by atoms with E-state index in [0.29, 0.717) is 19.4 Å². The van der Waals surface area contributed by atoms with Crippen LogP contribution in [0.3, 0.4) is 0 Å². The van der Waals surface area contributed by atoms with Gasteiger partial charge < -0.3 is 16.4 Å². The van der Waals surface area contributed by atoms with E-state index in [1.165, 1.54) is 0 Å². The first-order chi connectivity index (χ1) is 7.26. The van der Waals surface area contributed by atoms with E-state index < -0.39 is 6.04 Å². The van der Waals surface area contributed by atoms with Crippen LogP contribution in [0.4, 0.5) is 0 Å². The molecule has 4 N–H and O–H groups in total. The first kappa shape index (κ1) is 14.9. The van der Waals surface area contributed by atoms with Crippen LogP contribution in [0.2, 0.25) is 0 Å². The Morgan fingerprint density at radius 3 is 2.38 bits per heavy atom. The maximum Gasteiger partial charge on any atom is 0.242 e. The van der Waals surface area contributed by atoms with Crippen LogP contribution < -0.4 is 16.4 Å². The summed E-state index contributed by atoms with van der Waals surface area (Å²) in [5, 5.41) is 5.28. The topological polar surface area (TPSA) is 84.2 Å². The molecule has 0 aromatic rings. The summed E-state index contributed by atoms with van der Waals surface area (Å²) in [4.78, 5) is 22.8. The quantitative estimate of drug-likeness (QED) is 0.606. The standard InChI is InChI=1S/C11H23N3O2/c1-5-13-10(16)8(2)14-9(15)6-7-11(3,4)12/h8H,5-7,12H2,1-4H3,(H,13,16)(H,14,15). The third kappa shape index (κ3) is 7.23. The predicted molar refractivity (Wildman–Crippen MR) is 63.8 cm³/mol. The molecule has 0 spiro atoms. The molecule has 5 nitrogen and oxygen atoms in total. The molecule has 1 atom stereocenters. The Morgan fingerprint density at radius 1 is 1.38 bits per heavy atom. The van der Waals surface area contributed by atoms with Crippen molar-refractivity contribution in [2.75, 3.05) is 6.54 Å². The lowest BCUT2D eigenvalue weighted by atomic mass is 10.00. The number of rotatable bonds is 6. The van der Waals surface area contributed by atoms with Gasteiger partial charge in [-0.2, -0.15) is 0 Å². The van der Waals surface area contributed by atoms with Gasteiger partial charge in [0.15, 0.2) is 0 Å². The molecule has 2 amide bonds. The lowest BCUT2D eigenvalue weighted by Gasteiger charge is -2.19. The number of nitrogens with two attached hydrogens (primary N) is 1. The van der Waals surface area contributed by atoms with Gasteiger partial charge in [-0.1, -0.05) is 0 Å². The van der Waals surface area contributed by atoms with E-state index in [1.807, 2.05) is 20.8 Å². The van der Waals surface area contributed by atoms with E-state index >= 15 is 0 Å². The van der Waals surface area contributed by atoms with Gasteiger partial charge in [-0.15, -0.1) is 0 Å². The molecule has 0 aromatic heterocycles. The van der Waals surface area contributed by atoms with Crippen molar-refractivity contribution in [1.82, 2.24) is 10.6 Å². The van der Waals surface area contributed by atoms with E-state index in [2.05, 4.69) is 10.6 Å². The molecule has 0 aliphatic heterocycles. The summed E-state index contributed by atoms with van der Waals surface area (Å²) in [6.07, 6.45) is 0.939. The number of nitrogens with one attached hydrogen (secondary N) is 2. The fourth-order valence-electron chi connectivity index (χ4n) is 1.14. The van der Waals surface area contributed by atoms with Crippen LogP contribution in [0.5, 0.6) is 0 Å². The largest absolute Gasteiger partial charge is 0.355 e. The highest BCUT2D eigenvalue weighted by Crippen LogP contribution is 2.06. The number of carbonyl (C=O) groups excluding carboxylic acids is 2. The molecule has 1 unspecified atom stereocenters. The second-order valence-electron chi connectivity index (χ2n) is 4.67. The van der Waals surface area contributed by atoms with Crippen molar-refractivity contribution in [3.05, 3.63) is 0 Å². The van der Waals surface area contributed by atoms with Crippen LogP contribution in [0.1, 0.15) is 40.5 Å². The van der Waals surface area contributed by atoms with Crippen LogP contribution >= 0.6 is 0 Å². The fourth-order valence-corrected chi connectivity index (χ4v) is 1.14. The van der Waals surface area contributed by atoms with E-state index in [0.717, 1.165) is 0 Å². The molecule has 0 aliphatic carbocycles. The minimum Gasteiger partial charge on any atom is -0.355 e. The highest BCUT2D eigenvalue weighted by molar-refractivity contribution is 5.87. The van der Waals surface area contributed by atoms with Crippen molar-refractivity contribution in [3.63, 3.8) is 0 Å². The van der Waals surface area contributed by atoms with E-state index in [9.17, 15) is 9.59 Å². The molecule has 0 saturated heterocycles. The van der Waals surface area contributed by atoms with E-state index in [4.69, 9.17) is 5.73 Å². The molecule has 0 saturated carbocycles. The third-order valence-corrected chi connectivity index (χ3v) is 2.12. The number of hydrogen-bond acceptors (Lipinski definition) is 3. The van der Waals surface area contributed by atoms with Crippen molar-refractivity contribution in [2.24, 2.45) is 5.73 Å². The second kappa shape index (κ2) is 6.48. The maximum atomic E-state index is 11.5. The van der Waals surface area contributed by atoms with Crippen molar-refractivity contribution < 1.29 is 9.59 Å². The molecule has 0 fully saturated rings. The van der Waals surface area contributed by atoms with Gasteiger partial charge in [-0.05, 0) is 34.1 Å². The summed E-state index contributed by atoms with van der Waals surface area (Å²) < 4.78 is 0. The average molecular weight is 229 g/mol. The Balaban J connectivity index is 3.92. The molecule has 16 heavy (non-hydrogen) atoms. The van der Waals surface area contributed by atoms with Gasteiger partial charge in [0.05, 0.1) is 0 Å². The van der Waals surface area contributed by atoms with Crippen LogP contribution in [-0.4, -0.2) is 29.9 Å². The summed E-state index contributed by atoms with van der Waals surface area (Å²) in [5.74, 6) is -0.305. The lowest BCUT2D eigenvalue weighted by molar-refractivity contribution is -0.128. The summed E-state index contributed by atoms with van der Waals surface area (Å²) in [6.45, 7) is 7.80. The van der Waals surface area contributed by atoms with Crippen LogP contribution in [0.15, 0.2) is 0 Å². The van der Waals surface area contributed by atoms with Crippen molar-refractivity contribution >= 4 is 11.8 Å². The SMILES string of the molecule is CCNC(=O)C(C)NC(=O)CCC(C)(C)N. The zero-order valence-electron chi connectivity index (χ0n) is 10.6. The zero-order chi connectivity index (χ0) is 12.8. The Morgan fingerprint density at radius 2 is 1.94 bits per heavy atom. The van der Waals surface area contributed by atoms with Gasteiger partial charge in [-0.25, -0.2) is 0 Å². The number of hydrogen-bond donors (Lipinski definition) is 3. The van der Waals surface area contributed by atoms with Crippen LogP contribution in [-0.2, 0) is 9.59 Å². The van der Waals surface area contributed by atoms with Crippen LogP contribution in [0, 0.1) is 0 Å². The monoisotopic (exact) mass is 229 g/mol. The molecular formula is C11H23N3O2. The van der Waals surface area contributed by atoms with E-state index in [1.54, 1.807) is 6.92 Å². The van der Waals surface area contributed by atoms with E-state index in [-0.39, 0.29) is 17.4 Å². The number of amides is 2. The first-order valence-electron chi connectivity index (χ1n) is 5.62. The minimum absolute atomic E-state index is 0.141. The molecule has 5 heteroatoms. The van der Waals surface area contributed by atoms with Gasteiger partial charge >= 0.3 is 0 Å². The Hall–Kier alpha value is -1.10. The lowest BCUT2D eigenvalue weighted by Crippen LogP contribution is -2.45. The summed E-state index contributed by atoms with van der Waals surface area (Å²) >= 11 is 0. The van der Waals surface area contributed by atoms with Gasteiger partial charge in [-0.3, -0.25) is 9.59 Å². The Bertz CT molecular complexity index is 246. The average Bonchev–Trinajstić information content (AvgIpc) is 2.14. The number of carbonyl (C=O) groups is 2. The summed E-state index contributed by atoms with van der Waals surface area (Å²) in [6, 6.07) is -0.492. The van der Waals surface area contributed by atoms with Gasteiger partial charge in [0, 0.05) is 18.5 Å². The number of likely N-dealkylation sites (N-methyl/N-ethyl adjacent to an activating group) is 1. The summed E-state index contributed by atoms with van der Waals surface area (Å²) in [7, 11) is 0. The van der Waals surface area contributed by atoms with Gasteiger partial charge in [0.1, 0.15) is 6.04 Å². The molecule has 0 aliphatic rings. The third-order valence-electron chi connectivity index (χ3n) is 2.12. The zero-order valence-corrected chi connectivity index (χ0v) is 10.6. The van der Waals surface area contributed by atoms with Crippen molar-refractivity contribution in [2.45, 2.75) is 52.1 Å². The summed E-state index contributed by atoms with van der Waals surface area (Å²) in [5.41, 5.74) is 5.41.